The van der Waals surface area contributed by atoms with Crippen LogP contribution in [0, 0.1) is 6.92 Å². The smallest absolute Gasteiger partial charge is 0.172 e. The van der Waals surface area contributed by atoms with Gasteiger partial charge in [0.25, 0.3) is 0 Å². The lowest BCUT2D eigenvalue weighted by molar-refractivity contribution is 0.453. The minimum atomic E-state index is 0.299. The molecule has 0 amide bonds. The van der Waals surface area contributed by atoms with Crippen LogP contribution >= 0.6 is 0 Å². The number of para-hydroxylation sites is 1. The van der Waals surface area contributed by atoms with Crippen LogP contribution in [0.3, 0.4) is 0 Å². The Hall–Kier alpha value is -3.91. The number of fused-ring (bicyclic) bond motifs is 2. The third-order valence-electron chi connectivity index (χ3n) is 6.53. The molecule has 1 saturated heterocycles. The Balaban J connectivity index is 1.27. The molecule has 6 rings (SSSR count). The fraction of sp³-hybridized carbons (Fsp3) is 0.240. The molecule has 3 aromatic heterocycles. The Labute approximate surface area is 191 Å². The first-order valence-electron chi connectivity index (χ1n) is 11.3. The van der Waals surface area contributed by atoms with Crippen molar-refractivity contribution in [2.75, 3.05) is 30.3 Å². The summed E-state index contributed by atoms with van der Waals surface area (Å²) < 4.78 is 0. The number of H-pyrrole nitrogens is 2. The predicted molar refractivity (Wildman–Crippen MR) is 132 cm³/mol. The molecule has 1 fully saturated rings. The first kappa shape index (κ1) is 19.8. The molecular weight excluding hydrogens is 412 g/mol. The maximum atomic E-state index is 6.30. The number of nitrogens with one attached hydrogen (secondary N) is 3. The number of aromatic nitrogens is 5. The van der Waals surface area contributed by atoms with E-state index >= 15 is 0 Å². The van der Waals surface area contributed by atoms with Crippen molar-refractivity contribution in [2.24, 2.45) is 0 Å². The van der Waals surface area contributed by atoms with Crippen LogP contribution in [0.2, 0.25) is 0 Å². The number of nitrogens with zero attached hydrogens (tertiary/aromatic N) is 4. The van der Waals surface area contributed by atoms with Crippen LogP contribution in [0.4, 0.5) is 11.6 Å². The van der Waals surface area contributed by atoms with Crippen molar-refractivity contribution in [1.29, 1.82) is 0 Å². The van der Waals surface area contributed by atoms with E-state index in [1.165, 1.54) is 16.5 Å². The zero-order chi connectivity index (χ0) is 22.4. The van der Waals surface area contributed by atoms with Crippen molar-refractivity contribution in [2.45, 2.75) is 19.4 Å². The van der Waals surface area contributed by atoms with Gasteiger partial charge in [-0.3, -0.25) is 5.10 Å². The number of rotatable bonds is 4. The van der Waals surface area contributed by atoms with Gasteiger partial charge in [0.05, 0.1) is 23.1 Å². The van der Waals surface area contributed by atoms with Gasteiger partial charge in [0.1, 0.15) is 0 Å². The summed E-state index contributed by atoms with van der Waals surface area (Å²) in [4.78, 5) is 15.1. The van der Waals surface area contributed by atoms with Crippen LogP contribution in [0.25, 0.3) is 33.1 Å². The van der Waals surface area contributed by atoms with E-state index in [-0.39, 0.29) is 0 Å². The summed E-state index contributed by atoms with van der Waals surface area (Å²) in [5.41, 5.74) is 12.6. The lowest BCUT2D eigenvalue weighted by atomic mass is 10.0. The van der Waals surface area contributed by atoms with E-state index in [1.54, 1.807) is 6.20 Å². The van der Waals surface area contributed by atoms with Gasteiger partial charge >= 0.3 is 0 Å². The van der Waals surface area contributed by atoms with Crippen molar-refractivity contribution < 1.29 is 0 Å². The normalized spacial score (nSPS) is 16.6. The van der Waals surface area contributed by atoms with Gasteiger partial charge in [0.15, 0.2) is 11.6 Å². The molecule has 1 aliphatic rings. The minimum Gasteiger partial charge on any atom is -0.381 e. The SMILES string of the molecule is Cc1n[nH]c2ccc(-c3cnc(N)c(N4CCN[C@@H](Cc5c[nH]c6ccccc56)C4)n3)cc12. The molecule has 2 aromatic carbocycles. The Morgan fingerprint density at radius 2 is 2.03 bits per heavy atom. The van der Waals surface area contributed by atoms with Crippen LogP contribution in [0.5, 0.6) is 0 Å². The Morgan fingerprint density at radius 1 is 1.12 bits per heavy atom. The second-order valence-electron chi connectivity index (χ2n) is 8.69. The number of hydrogen-bond acceptors (Lipinski definition) is 6. The highest BCUT2D eigenvalue weighted by atomic mass is 15.3. The average molecular weight is 439 g/mol. The molecule has 1 atom stereocenters. The van der Waals surface area contributed by atoms with E-state index in [0.29, 0.717) is 11.9 Å². The molecule has 0 aliphatic carbocycles. The van der Waals surface area contributed by atoms with Crippen molar-refractivity contribution in [3.05, 3.63) is 66.1 Å². The zero-order valence-electron chi connectivity index (χ0n) is 18.5. The summed E-state index contributed by atoms with van der Waals surface area (Å²) in [7, 11) is 0. The monoisotopic (exact) mass is 438 g/mol. The third kappa shape index (κ3) is 3.58. The molecule has 0 saturated carbocycles. The molecule has 33 heavy (non-hydrogen) atoms. The van der Waals surface area contributed by atoms with E-state index in [4.69, 9.17) is 10.7 Å². The number of aromatic amines is 2. The molecular formula is C25H26N8. The summed E-state index contributed by atoms with van der Waals surface area (Å²) in [6.45, 7) is 4.53. The van der Waals surface area contributed by atoms with Crippen LogP contribution < -0.4 is 16.0 Å². The number of nitrogen functional groups attached to an aromatic ring is 1. The summed E-state index contributed by atoms with van der Waals surface area (Å²) in [6, 6.07) is 14.9. The largest absolute Gasteiger partial charge is 0.381 e. The zero-order valence-corrected chi connectivity index (χ0v) is 18.5. The van der Waals surface area contributed by atoms with Gasteiger partial charge in [-0.05, 0) is 37.1 Å². The second kappa shape index (κ2) is 7.90. The topological polar surface area (TPSA) is 112 Å². The predicted octanol–water partition coefficient (Wildman–Crippen LogP) is 3.41. The number of nitrogens with two attached hydrogens (primary N) is 1. The van der Waals surface area contributed by atoms with Crippen molar-refractivity contribution in [1.82, 2.24) is 30.5 Å². The Morgan fingerprint density at radius 3 is 2.97 bits per heavy atom. The minimum absolute atomic E-state index is 0.299. The molecule has 0 spiro atoms. The maximum absolute atomic E-state index is 6.30. The first-order chi connectivity index (χ1) is 16.2. The van der Waals surface area contributed by atoms with E-state index in [2.05, 4.69) is 66.9 Å². The summed E-state index contributed by atoms with van der Waals surface area (Å²) in [6.07, 6.45) is 4.80. The van der Waals surface area contributed by atoms with Crippen LogP contribution in [-0.2, 0) is 6.42 Å². The molecule has 8 heteroatoms. The molecule has 0 unspecified atom stereocenters. The summed E-state index contributed by atoms with van der Waals surface area (Å²) in [5, 5.41) is 13.4. The highest BCUT2D eigenvalue weighted by Crippen LogP contribution is 2.28. The second-order valence-corrected chi connectivity index (χ2v) is 8.69. The van der Waals surface area contributed by atoms with Crippen LogP contribution in [-0.4, -0.2) is 50.8 Å². The number of piperazine rings is 1. The van der Waals surface area contributed by atoms with Gasteiger partial charge in [-0.1, -0.05) is 24.3 Å². The van der Waals surface area contributed by atoms with E-state index < -0.39 is 0 Å². The Bertz CT molecular complexity index is 1450. The fourth-order valence-electron chi connectivity index (χ4n) is 4.79. The van der Waals surface area contributed by atoms with Gasteiger partial charge in [0.2, 0.25) is 0 Å². The molecule has 166 valence electrons. The number of benzene rings is 2. The fourth-order valence-corrected chi connectivity index (χ4v) is 4.79. The lowest BCUT2D eigenvalue weighted by Crippen LogP contribution is -2.52. The van der Waals surface area contributed by atoms with Crippen LogP contribution in [0.15, 0.2) is 54.9 Å². The molecule has 1 aliphatic heterocycles. The molecule has 5 N–H and O–H groups in total. The molecule has 0 radical (unpaired) electrons. The summed E-state index contributed by atoms with van der Waals surface area (Å²) >= 11 is 0. The van der Waals surface area contributed by atoms with E-state index in [1.807, 2.05) is 19.1 Å². The number of aryl methyl sites for hydroxylation is 1. The number of hydrogen-bond donors (Lipinski definition) is 4. The van der Waals surface area contributed by atoms with Gasteiger partial charge < -0.3 is 20.9 Å². The van der Waals surface area contributed by atoms with Gasteiger partial charge in [-0.15, -0.1) is 0 Å². The maximum Gasteiger partial charge on any atom is 0.172 e. The molecule has 0 bridgehead atoms. The third-order valence-corrected chi connectivity index (χ3v) is 6.53. The highest BCUT2D eigenvalue weighted by Gasteiger charge is 2.24. The Kier molecular flexibility index (Phi) is 4.73. The van der Waals surface area contributed by atoms with E-state index in [0.717, 1.165) is 59.7 Å². The standard InChI is InChI=1S/C25H26N8/c1-15-20-11-16(6-7-22(20)32-31-15)23-13-29-24(26)25(30-23)33-9-8-27-18(14-33)10-17-12-28-21-5-3-2-4-19(17)21/h2-7,11-13,18,27-28H,8-10,14H2,1H3,(H2,26,29)(H,31,32)/t18-/m0/s1. The average Bonchev–Trinajstić information content (AvgIpc) is 3.43. The van der Waals surface area contributed by atoms with Crippen molar-refractivity contribution in [3.8, 4) is 11.3 Å². The number of anilines is 2. The van der Waals surface area contributed by atoms with Crippen LogP contribution in [0.1, 0.15) is 11.3 Å². The van der Waals surface area contributed by atoms with Gasteiger partial charge in [0, 0.05) is 53.7 Å². The summed E-state index contributed by atoms with van der Waals surface area (Å²) in [5.74, 6) is 1.22. The van der Waals surface area contributed by atoms with Crippen molar-refractivity contribution in [3.63, 3.8) is 0 Å². The van der Waals surface area contributed by atoms with Crippen molar-refractivity contribution >= 4 is 33.4 Å². The molecule has 8 nitrogen and oxygen atoms in total. The molecule has 5 aromatic rings. The van der Waals surface area contributed by atoms with Gasteiger partial charge in [-0.25, -0.2) is 9.97 Å². The molecule has 4 heterocycles. The quantitative estimate of drug-likeness (QED) is 0.342. The highest BCUT2D eigenvalue weighted by molar-refractivity contribution is 5.86. The lowest BCUT2D eigenvalue weighted by Gasteiger charge is -2.35. The van der Waals surface area contributed by atoms with E-state index in [9.17, 15) is 0 Å². The first-order valence-corrected chi connectivity index (χ1v) is 11.3. The van der Waals surface area contributed by atoms with Gasteiger partial charge in [-0.2, -0.15) is 5.10 Å².